The van der Waals surface area contributed by atoms with Crippen molar-refractivity contribution in [3.63, 3.8) is 0 Å². The number of ether oxygens (including phenoxy) is 2. The molecule has 0 spiro atoms. The molecule has 0 rings (SSSR count). The summed E-state index contributed by atoms with van der Waals surface area (Å²) in [6.07, 6.45) is 0. The van der Waals surface area contributed by atoms with Gasteiger partial charge in [0.25, 0.3) is 0 Å². The summed E-state index contributed by atoms with van der Waals surface area (Å²) in [7, 11) is 3.29. The van der Waals surface area contributed by atoms with Gasteiger partial charge in [-0.25, -0.2) is 0 Å². The van der Waals surface area contributed by atoms with Gasteiger partial charge >= 0.3 is 34.7 Å². The molecular formula is C6H19AlLiO4. The summed E-state index contributed by atoms with van der Waals surface area (Å²) < 4.78 is 19.8. The first kappa shape index (κ1) is 15.4. The van der Waals surface area contributed by atoms with Crippen molar-refractivity contribution in [2.24, 2.45) is 0 Å². The Labute approximate surface area is 96.9 Å². The monoisotopic (exact) mass is 189 g/mol. The van der Waals surface area contributed by atoms with Crippen molar-refractivity contribution < 1.29 is 40.2 Å². The number of methoxy groups -OCH3 is 2. The van der Waals surface area contributed by atoms with Crippen LogP contribution in [0.1, 0.15) is 4.28 Å². The van der Waals surface area contributed by atoms with E-state index in [1.807, 2.05) is 0 Å². The SMILES string of the molecule is COCC[O][Al][O]CCOC.[H-].[HH].[HH].[Li+]. The van der Waals surface area contributed by atoms with E-state index in [2.05, 4.69) is 0 Å². The standard InChI is InChI=1S/2C3H7O2.Al.Li.2H2.H/c2*1-5-3-2-4;;;;;/h2*2-3H2,1H3;;;2*1H;/q2*-1;+2;+1;;;-1. The molecule has 0 saturated carbocycles. The van der Waals surface area contributed by atoms with Crippen molar-refractivity contribution in [2.45, 2.75) is 0 Å². The molecule has 0 atom stereocenters. The quantitative estimate of drug-likeness (QED) is 0.311. The Morgan fingerprint density at radius 2 is 1.42 bits per heavy atom. The van der Waals surface area contributed by atoms with E-state index in [1.165, 1.54) is 0 Å². The Morgan fingerprint density at radius 1 is 1.00 bits per heavy atom. The van der Waals surface area contributed by atoms with Gasteiger partial charge in [0.2, 0.25) is 0 Å². The van der Waals surface area contributed by atoms with E-state index in [9.17, 15) is 0 Å². The van der Waals surface area contributed by atoms with E-state index in [-0.39, 0.29) is 39.0 Å². The van der Waals surface area contributed by atoms with E-state index in [0.717, 1.165) is 0 Å². The molecule has 1 radical (unpaired) electrons. The summed E-state index contributed by atoms with van der Waals surface area (Å²) in [5.74, 6) is 0. The van der Waals surface area contributed by atoms with Gasteiger partial charge in [-0.1, -0.05) is 0 Å². The molecule has 71 valence electrons. The number of hydrogen-bond donors (Lipinski definition) is 0. The third-order valence-corrected chi connectivity index (χ3v) is 1.69. The van der Waals surface area contributed by atoms with Gasteiger partial charge in [-0.15, -0.1) is 0 Å². The average molecular weight is 189 g/mol. The van der Waals surface area contributed by atoms with Crippen LogP contribution in [0.5, 0.6) is 0 Å². The second-order valence-corrected chi connectivity index (χ2v) is 2.68. The third kappa shape index (κ3) is 13.6. The summed E-state index contributed by atoms with van der Waals surface area (Å²) >= 11 is -0.349. The first-order valence-electron chi connectivity index (χ1n) is 3.44. The van der Waals surface area contributed by atoms with E-state index in [0.29, 0.717) is 26.4 Å². The van der Waals surface area contributed by atoms with Gasteiger partial charge in [-0.2, -0.15) is 0 Å². The molecule has 0 aliphatic carbocycles. The van der Waals surface area contributed by atoms with Gasteiger partial charge in [0.1, 0.15) is 0 Å². The zero-order chi connectivity index (χ0) is 8.36. The molecule has 0 heterocycles. The molecule has 0 unspecified atom stereocenters. The number of rotatable bonds is 8. The summed E-state index contributed by atoms with van der Waals surface area (Å²) in [4.78, 5) is 0. The molecule has 4 nitrogen and oxygen atoms in total. The molecule has 0 aromatic heterocycles. The van der Waals surface area contributed by atoms with Crippen molar-refractivity contribution in [2.75, 3.05) is 40.6 Å². The van der Waals surface area contributed by atoms with Crippen molar-refractivity contribution >= 4 is 15.9 Å². The maximum atomic E-state index is 5.10. The third-order valence-electron chi connectivity index (χ3n) is 0.947. The molecule has 0 N–H and O–H groups in total. The van der Waals surface area contributed by atoms with Gasteiger partial charge < -0.3 is 18.5 Å². The normalized spacial score (nSPS) is 9.17. The van der Waals surface area contributed by atoms with E-state index >= 15 is 0 Å². The molecule has 0 aromatic carbocycles. The van der Waals surface area contributed by atoms with E-state index in [4.69, 9.17) is 17.1 Å². The molecule has 0 aliphatic heterocycles. The molecule has 12 heavy (non-hydrogen) atoms. The van der Waals surface area contributed by atoms with Gasteiger partial charge in [0, 0.05) is 30.3 Å². The summed E-state index contributed by atoms with van der Waals surface area (Å²) in [5.41, 5.74) is 0. The first-order valence-corrected chi connectivity index (χ1v) is 4.39. The van der Waals surface area contributed by atoms with Crippen molar-refractivity contribution in [3.05, 3.63) is 0 Å². The minimum Gasteiger partial charge on any atom is -1.00 e. The van der Waals surface area contributed by atoms with Crippen molar-refractivity contribution in [3.8, 4) is 0 Å². The summed E-state index contributed by atoms with van der Waals surface area (Å²) in [6.45, 7) is 2.47. The van der Waals surface area contributed by atoms with Gasteiger partial charge in [-0.3, -0.25) is 0 Å². The van der Waals surface area contributed by atoms with E-state index in [1.54, 1.807) is 14.2 Å². The second kappa shape index (κ2) is 14.5. The first-order chi connectivity index (χ1) is 5.41. The molecule has 0 aromatic rings. The fraction of sp³-hybridized carbons (Fsp3) is 1.00. The van der Waals surface area contributed by atoms with Crippen LogP contribution in [0, 0.1) is 0 Å². The molecule has 0 saturated heterocycles. The van der Waals surface area contributed by atoms with Crippen LogP contribution in [0.15, 0.2) is 0 Å². The summed E-state index contributed by atoms with van der Waals surface area (Å²) in [6, 6.07) is 0. The van der Waals surface area contributed by atoms with Crippen LogP contribution in [0.25, 0.3) is 0 Å². The Morgan fingerprint density at radius 3 is 1.75 bits per heavy atom. The van der Waals surface area contributed by atoms with Crippen LogP contribution in [0.2, 0.25) is 0 Å². The maximum Gasteiger partial charge on any atom is 1.00 e. The van der Waals surface area contributed by atoms with Gasteiger partial charge in [0.05, 0.1) is 13.2 Å². The van der Waals surface area contributed by atoms with Crippen LogP contribution in [0.3, 0.4) is 0 Å². The second-order valence-electron chi connectivity index (χ2n) is 1.82. The van der Waals surface area contributed by atoms with E-state index < -0.39 is 0 Å². The van der Waals surface area contributed by atoms with Crippen molar-refractivity contribution in [1.82, 2.24) is 0 Å². The zero-order valence-electron chi connectivity index (χ0n) is 9.04. The molecule has 0 aliphatic rings. The van der Waals surface area contributed by atoms with Crippen LogP contribution in [-0.2, 0) is 17.1 Å². The molecule has 0 amide bonds. The Bertz CT molecular complexity index is 79.4. The van der Waals surface area contributed by atoms with Crippen LogP contribution >= 0.6 is 0 Å². The molecule has 6 heteroatoms. The van der Waals surface area contributed by atoms with Crippen molar-refractivity contribution in [1.29, 1.82) is 0 Å². The Hall–Kier alpha value is 0.970. The molecule has 0 bridgehead atoms. The fourth-order valence-electron chi connectivity index (χ4n) is 0.407. The average Bonchev–Trinajstić information content (AvgIpc) is 2.03. The Balaban J connectivity index is -0.0000000833. The number of hydrogen-bond acceptors (Lipinski definition) is 4. The molecular weight excluding hydrogens is 170 g/mol. The maximum absolute atomic E-state index is 5.10. The molecule has 0 fully saturated rings. The fourth-order valence-corrected chi connectivity index (χ4v) is 0.888. The van der Waals surface area contributed by atoms with Crippen LogP contribution in [-0.4, -0.2) is 56.5 Å². The smallest absolute Gasteiger partial charge is 1.00 e. The van der Waals surface area contributed by atoms with Gasteiger partial charge in [-0.05, 0) is 0 Å². The predicted molar refractivity (Wildman–Crippen MR) is 46.8 cm³/mol. The summed E-state index contributed by atoms with van der Waals surface area (Å²) in [5, 5.41) is 0. The Kier molecular flexibility index (Phi) is 18.6. The topological polar surface area (TPSA) is 36.9 Å². The largest absolute Gasteiger partial charge is 1.00 e. The minimum atomic E-state index is -0.349. The minimum absolute atomic E-state index is 0. The van der Waals surface area contributed by atoms with Crippen LogP contribution in [0.4, 0.5) is 0 Å². The predicted octanol–water partition coefficient (Wildman–Crippen LogP) is -2.54. The van der Waals surface area contributed by atoms with Crippen LogP contribution < -0.4 is 18.9 Å². The van der Waals surface area contributed by atoms with Gasteiger partial charge in [0.15, 0.2) is 0 Å². The zero-order valence-corrected chi connectivity index (χ0v) is 9.19.